The van der Waals surface area contributed by atoms with Crippen LogP contribution in [0.4, 0.5) is 5.95 Å². The van der Waals surface area contributed by atoms with Crippen molar-refractivity contribution in [1.29, 1.82) is 0 Å². The highest BCUT2D eigenvalue weighted by atomic mass is 15.3. The van der Waals surface area contributed by atoms with Crippen LogP contribution in [0.25, 0.3) is 27.9 Å². The predicted molar refractivity (Wildman–Crippen MR) is 109 cm³/mol. The molecule has 4 heterocycles. The first-order valence-electron chi connectivity index (χ1n) is 9.75. The number of rotatable bonds is 3. The van der Waals surface area contributed by atoms with Gasteiger partial charge in [-0.1, -0.05) is 0 Å². The van der Waals surface area contributed by atoms with E-state index in [1.54, 1.807) is 0 Å². The molecule has 1 aliphatic carbocycles. The average molecular weight is 376 g/mol. The third-order valence-corrected chi connectivity index (χ3v) is 5.74. The maximum atomic E-state index is 5.99. The van der Waals surface area contributed by atoms with E-state index in [-0.39, 0.29) is 0 Å². The second-order valence-electron chi connectivity index (χ2n) is 7.65. The van der Waals surface area contributed by atoms with E-state index in [2.05, 4.69) is 20.4 Å². The third-order valence-electron chi connectivity index (χ3n) is 5.74. The highest BCUT2D eigenvalue weighted by Gasteiger charge is 2.19. The Morgan fingerprint density at radius 1 is 1.11 bits per heavy atom. The molecule has 144 valence electrons. The minimum absolute atomic E-state index is 0.335. The fourth-order valence-electron chi connectivity index (χ4n) is 3.96. The van der Waals surface area contributed by atoms with E-state index in [1.165, 1.54) is 0 Å². The molecule has 1 saturated carbocycles. The van der Waals surface area contributed by atoms with Gasteiger partial charge in [-0.25, -0.2) is 19.5 Å². The van der Waals surface area contributed by atoms with E-state index in [4.69, 9.17) is 10.7 Å². The SMILES string of the molecule is Cc1nc2ccc(-c3ccn4nc(N[C@H]5CC[C@@H](N)CC5)ncc34)nc2n1C. The van der Waals surface area contributed by atoms with E-state index in [1.807, 2.05) is 53.6 Å². The molecule has 0 atom stereocenters. The van der Waals surface area contributed by atoms with Crippen LogP contribution >= 0.6 is 0 Å². The lowest BCUT2D eigenvalue weighted by Crippen LogP contribution is -2.33. The highest BCUT2D eigenvalue weighted by Crippen LogP contribution is 2.26. The smallest absolute Gasteiger partial charge is 0.241 e. The van der Waals surface area contributed by atoms with Crippen LogP contribution in [-0.2, 0) is 7.05 Å². The Labute approximate surface area is 162 Å². The number of pyridine rings is 1. The maximum Gasteiger partial charge on any atom is 0.241 e. The van der Waals surface area contributed by atoms with E-state index < -0.39 is 0 Å². The van der Waals surface area contributed by atoms with Crippen LogP contribution in [0.2, 0.25) is 0 Å². The average Bonchev–Trinajstić information content (AvgIpc) is 3.24. The highest BCUT2D eigenvalue weighted by molar-refractivity contribution is 5.82. The Balaban J connectivity index is 1.46. The molecule has 8 heteroatoms. The number of anilines is 1. The van der Waals surface area contributed by atoms with Gasteiger partial charge in [-0.3, -0.25) is 0 Å². The Kier molecular flexibility index (Phi) is 4.01. The summed E-state index contributed by atoms with van der Waals surface area (Å²) < 4.78 is 3.87. The number of nitrogens with zero attached hydrogens (tertiary/aromatic N) is 6. The standard InChI is InChI=1S/C20H24N8/c1-12-23-17-8-7-16(25-19(17)27(12)2)15-9-10-28-18(15)11-22-20(26-28)24-14-5-3-13(21)4-6-14/h7-11,13-14H,3-6,21H2,1-2H3,(H,24,26)/t13-,14+. The summed E-state index contributed by atoms with van der Waals surface area (Å²) in [7, 11) is 1.98. The van der Waals surface area contributed by atoms with Crippen molar-refractivity contribution in [2.45, 2.75) is 44.7 Å². The lowest BCUT2D eigenvalue weighted by atomic mass is 9.92. The van der Waals surface area contributed by atoms with Crippen LogP contribution in [0.15, 0.2) is 30.6 Å². The van der Waals surface area contributed by atoms with Gasteiger partial charge in [-0.15, -0.1) is 5.10 Å². The van der Waals surface area contributed by atoms with Gasteiger partial charge in [-0.2, -0.15) is 0 Å². The Morgan fingerprint density at radius 3 is 2.75 bits per heavy atom. The van der Waals surface area contributed by atoms with Gasteiger partial charge in [0.1, 0.15) is 11.3 Å². The van der Waals surface area contributed by atoms with Gasteiger partial charge in [0.05, 0.1) is 17.4 Å². The summed E-state index contributed by atoms with van der Waals surface area (Å²) in [5, 5.41) is 8.09. The van der Waals surface area contributed by atoms with Crippen LogP contribution in [0, 0.1) is 6.92 Å². The van der Waals surface area contributed by atoms with Crippen molar-refractivity contribution >= 4 is 22.6 Å². The van der Waals surface area contributed by atoms with E-state index in [9.17, 15) is 0 Å². The number of aromatic nitrogens is 6. The van der Waals surface area contributed by atoms with Gasteiger partial charge in [0.25, 0.3) is 0 Å². The van der Waals surface area contributed by atoms with Crippen molar-refractivity contribution in [3.8, 4) is 11.3 Å². The predicted octanol–water partition coefficient (Wildman–Crippen LogP) is 2.67. The van der Waals surface area contributed by atoms with Crippen molar-refractivity contribution in [3.05, 3.63) is 36.4 Å². The summed E-state index contributed by atoms with van der Waals surface area (Å²) in [5.41, 5.74) is 10.6. The minimum atomic E-state index is 0.335. The number of fused-ring (bicyclic) bond motifs is 2. The van der Waals surface area contributed by atoms with E-state index >= 15 is 0 Å². The van der Waals surface area contributed by atoms with Gasteiger partial charge < -0.3 is 15.6 Å². The van der Waals surface area contributed by atoms with Crippen LogP contribution in [-0.4, -0.2) is 41.2 Å². The second kappa shape index (κ2) is 6.56. The number of aryl methyl sites for hydroxylation is 2. The van der Waals surface area contributed by atoms with Crippen molar-refractivity contribution in [1.82, 2.24) is 29.1 Å². The fourth-order valence-corrected chi connectivity index (χ4v) is 3.96. The topological polar surface area (TPSA) is 98.9 Å². The number of imidazole rings is 1. The van der Waals surface area contributed by atoms with Crippen LogP contribution in [0.3, 0.4) is 0 Å². The van der Waals surface area contributed by atoms with Crippen molar-refractivity contribution in [3.63, 3.8) is 0 Å². The molecule has 0 spiro atoms. The molecule has 0 aromatic carbocycles. The Morgan fingerprint density at radius 2 is 1.93 bits per heavy atom. The molecule has 0 amide bonds. The zero-order valence-corrected chi connectivity index (χ0v) is 16.1. The molecule has 0 aliphatic heterocycles. The molecule has 3 N–H and O–H groups in total. The largest absolute Gasteiger partial charge is 0.350 e. The fraction of sp³-hybridized carbons (Fsp3) is 0.400. The molecule has 0 unspecified atom stereocenters. The second-order valence-corrected chi connectivity index (χ2v) is 7.65. The summed E-state index contributed by atoms with van der Waals surface area (Å²) in [4.78, 5) is 13.9. The number of nitrogens with one attached hydrogen (secondary N) is 1. The third kappa shape index (κ3) is 2.90. The van der Waals surface area contributed by atoms with Gasteiger partial charge in [-0.05, 0) is 50.8 Å². The molecule has 28 heavy (non-hydrogen) atoms. The van der Waals surface area contributed by atoms with Crippen LogP contribution in [0.1, 0.15) is 31.5 Å². The van der Waals surface area contributed by atoms with Crippen LogP contribution in [0.5, 0.6) is 0 Å². The van der Waals surface area contributed by atoms with Crippen molar-refractivity contribution in [2.24, 2.45) is 12.8 Å². The summed E-state index contributed by atoms with van der Waals surface area (Å²) in [6.07, 6.45) is 8.04. The number of hydrogen-bond donors (Lipinski definition) is 2. The Hall–Kier alpha value is -3.00. The number of nitrogens with two attached hydrogens (primary N) is 1. The molecule has 0 saturated heterocycles. The Bertz CT molecular complexity index is 1150. The lowest BCUT2D eigenvalue weighted by Gasteiger charge is -2.26. The molecule has 0 bridgehead atoms. The normalized spacial score (nSPS) is 20.1. The maximum absolute atomic E-state index is 5.99. The summed E-state index contributed by atoms with van der Waals surface area (Å²) in [6.45, 7) is 1.98. The first kappa shape index (κ1) is 17.1. The summed E-state index contributed by atoms with van der Waals surface area (Å²) in [6, 6.07) is 6.77. The quantitative estimate of drug-likeness (QED) is 0.570. The van der Waals surface area contributed by atoms with Gasteiger partial charge in [0, 0.05) is 30.9 Å². The van der Waals surface area contributed by atoms with E-state index in [0.717, 1.165) is 59.4 Å². The molecular weight excluding hydrogens is 352 g/mol. The van der Waals surface area contributed by atoms with Gasteiger partial charge in [0.2, 0.25) is 5.95 Å². The molecule has 4 aromatic heterocycles. The molecule has 4 aromatic rings. The van der Waals surface area contributed by atoms with Gasteiger partial charge >= 0.3 is 0 Å². The zero-order chi connectivity index (χ0) is 19.3. The molecular formula is C20H24N8. The summed E-state index contributed by atoms with van der Waals surface area (Å²) in [5.74, 6) is 1.60. The van der Waals surface area contributed by atoms with Gasteiger partial charge in [0.15, 0.2) is 5.65 Å². The number of hydrogen-bond acceptors (Lipinski definition) is 6. The first-order valence-corrected chi connectivity index (χ1v) is 9.75. The van der Waals surface area contributed by atoms with Crippen molar-refractivity contribution in [2.75, 3.05) is 5.32 Å². The zero-order valence-electron chi connectivity index (χ0n) is 16.1. The monoisotopic (exact) mass is 376 g/mol. The first-order chi connectivity index (χ1) is 13.6. The van der Waals surface area contributed by atoms with Crippen molar-refractivity contribution < 1.29 is 0 Å². The van der Waals surface area contributed by atoms with Crippen LogP contribution < -0.4 is 11.1 Å². The van der Waals surface area contributed by atoms with E-state index in [0.29, 0.717) is 18.0 Å². The molecule has 1 aliphatic rings. The molecule has 0 radical (unpaired) electrons. The summed E-state index contributed by atoms with van der Waals surface area (Å²) >= 11 is 0. The molecule has 5 rings (SSSR count). The lowest BCUT2D eigenvalue weighted by molar-refractivity contribution is 0.409. The minimum Gasteiger partial charge on any atom is -0.350 e. The molecule has 1 fully saturated rings. The molecule has 8 nitrogen and oxygen atoms in total.